The predicted molar refractivity (Wildman–Crippen MR) is 74.4 cm³/mol. The van der Waals surface area contributed by atoms with E-state index in [9.17, 15) is 9.90 Å². The first-order valence-corrected chi connectivity index (χ1v) is 6.80. The molecule has 98 valence electrons. The number of benzene rings is 1. The molecule has 2 rings (SSSR count). The van der Waals surface area contributed by atoms with Gasteiger partial charge < -0.3 is 5.11 Å². The zero-order valence-electron chi connectivity index (χ0n) is 10.8. The van der Waals surface area contributed by atoms with Gasteiger partial charge in [0.2, 0.25) is 0 Å². The molecule has 0 radical (unpaired) electrons. The molecular weight excluding hydrogens is 260 g/mol. The molecule has 19 heavy (non-hydrogen) atoms. The third-order valence-electron chi connectivity index (χ3n) is 2.62. The molecule has 0 unspecified atom stereocenters. The summed E-state index contributed by atoms with van der Waals surface area (Å²) in [4.78, 5) is 19.7. The van der Waals surface area contributed by atoms with Crippen molar-refractivity contribution in [3.63, 3.8) is 0 Å². The number of aromatic hydroxyl groups is 1. The molecule has 0 atom stereocenters. The van der Waals surface area contributed by atoms with Gasteiger partial charge in [0.25, 0.3) is 0 Å². The quantitative estimate of drug-likeness (QED) is 0.527. The molecule has 2 aromatic rings. The maximum Gasteiger partial charge on any atom is 0.188 e. The number of carbonyl (C=O) groups excluding carboxylic acids is 1. The molecule has 1 aromatic carbocycles. The van der Waals surface area contributed by atoms with Crippen LogP contribution in [0.15, 0.2) is 35.6 Å². The van der Waals surface area contributed by atoms with Crippen molar-refractivity contribution < 1.29 is 9.90 Å². The van der Waals surface area contributed by atoms with Crippen molar-refractivity contribution >= 4 is 17.5 Å². The summed E-state index contributed by atoms with van der Waals surface area (Å²) in [7, 11) is 0. The summed E-state index contributed by atoms with van der Waals surface area (Å²) in [5.74, 6) is 0.694. The SMILES string of the molecule is CC(=O)c1ccc(O)c(CSc2nccc(C)n2)c1. The molecule has 0 spiro atoms. The summed E-state index contributed by atoms with van der Waals surface area (Å²) >= 11 is 1.43. The van der Waals surface area contributed by atoms with Crippen molar-refractivity contribution in [3.05, 3.63) is 47.3 Å². The van der Waals surface area contributed by atoms with E-state index in [1.54, 1.807) is 24.4 Å². The smallest absolute Gasteiger partial charge is 0.188 e. The lowest BCUT2D eigenvalue weighted by Gasteiger charge is -2.06. The highest BCUT2D eigenvalue weighted by atomic mass is 32.2. The average Bonchev–Trinajstić information content (AvgIpc) is 2.37. The second-order valence-electron chi connectivity index (χ2n) is 4.17. The Morgan fingerprint density at radius 2 is 2.16 bits per heavy atom. The minimum absolute atomic E-state index is 0.0157. The number of aryl methyl sites for hydroxylation is 1. The lowest BCUT2D eigenvalue weighted by Crippen LogP contribution is -1.94. The molecule has 0 aliphatic carbocycles. The number of carbonyl (C=O) groups is 1. The molecule has 1 N–H and O–H groups in total. The molecule has 4 nitrogen and oxygen atoms in total. The van der Waals surface area contributed by atoms with Crippen LogP contribution in [0.4, 0.5) is 0 Å². The van der Waals surface area contributed by atoms with Crippen LogP contribution < -0.4 is 0 Å². The van der Waals surface area contributed by atoms with Gasteiger partial charge in [0.15, 0.2) is 10.9 Å². The average molecular weight is 274 g/mol. The summed E-state index contributed by atoms with van der Waals surface area (Å²) in [6.45, 7) is 3.41. The molecule has 0 aliphatic heterocycles. The molecule has 5 heteroatoms. The molecule has 1 heterocycles. The first-order valence-electron chi connectivity index (χ1n) is 5.81. The molecular formula is C14H14N2O2S. The van der Waals surface area contributed by atoms with Gasteiger partial charge in [0.05, 0.1) is 0 Å². The fourth-order valence-corrected chi connectivity index (χ4v) is 2.42. The molecule has 0 saturated carbocycles. The van der Waals surface area contributed by atoms with Crippen LogP contribution in [0.1, 0.15) is 28.5 Å². The van der Waals surface area contributed by atoms with E-state index in [2.05, 4.69) is 9.97 Å². The minimum Gasteiger partial charge on any atom is -0.508 e. The molecule has 0 saturated heterocycles. The highest BCUT2D eigenvalue weighted by molar-refractivity contribution is 7.98. The predicted octanol–water partition coefficient (Wildman–Crippen LogP) is 2.99. The van der Waals surface area contributed by atoms with Crippen LogP contribution in [-0.2, 0) is 5.75 Å². The fourth-order valence-electron chi connectivity index (χ4n) is 1.56. The van der Waals surface area contributed by atoms with E-state index in [-0.39, 0.29) is 11.5 Å². The number of nitrogens with zero attached hydrogens (tertiary/aromatic N) is 2. The van der Waals surface area contributed by atoms with Crippen molar-refractivity contribution in [1.82, 2.24) is 9.97 Å². The van der Waals surface area contributed by atoms with Crippen molar-refractivity contribution in [2.45, 2.75) is 24.8 Å². The van der Waals surface area contributed by atoms with E-state index >= 15 is 0 Å². The van der Waals surface area contributed by atoms with Gasteiger partial charge >= 0.3 is 0 Å². The van der Waals surface area contributed by atoms with Crippen LogP contribution >= 0.6 is 11.8 Å². The Balaban J connectivity index is 2.15. The zero-order valence-corrected chi connectivity index (χ0v) is 11.6. The number of Topliss-reactive ketones (excluding diaryl/α,β-unsaturated/α-hetero) is 1. The van der Waals surface area contributed by atoms with Crippen LogP contribution in [0.2, 0.25) is 0 Å². The second kappa shape index (κ2) is 5.84. The molecule has 0 aliphatic rings. The maximum atomic E-state index is 11.3. The number of rotatable bonds is 4. The number of aromatic nitrogens is 2. The highest BCUT2D eigenvalue weighted by Gasteiger charge is 2.07. The van der Waals surface area contributed by atoms with Gasteiger partial charge in [-0.25, -0.2) is 9.97 Å². The van der Waals surface area contributed by atoms with Gasteiger partial charge in [-0.1, -0.05) is 11.8 Å². The summed E-state index contributed by atoms with van der Waals surface area (Å²) in [5.41, 5.74) is 2.21. The Labute approximate surface area is 115 Å². The number of thioether (sulfide) groups is 1. The largest absolute Gasteiger partial charge is 0.508 e. The van der Waals surface area contributed by atoms with Gasteiger partial charge in [-0.15, -0.1) is 0 Å². The first-order chi connectivity index (χ1) is 9.06. The van der Waals surface area contributed by atoms with Gasteiger partial charge in [0.1, 0.15) is 5.75 Å². The summed E-state index contributed by atoms with van der Waals surface area (Å²) in [6, 6.07) is 6.71. The van der Waals surface area contributed by atoms with Gasteiger partial charge in [-0.3, -0.25) is 4.79 Å². The zero-order chi connectivity index (χ0) is 13.8. The number of hydrogen-bond donors (Lipinski definition) is 1. The van der Waals surface area contributed by atoms with Crippen molar-refractivity contribution in [3.8, 4) is 5.75 Å². The number of hydrogen-bond acceptors (Lipinski definition) is 5. The van der Waals surface area contributed by atoms with Crippen LogP contribution in [0.25, 0.3) is 0 Å². The van der Waals surface area contributed by atoms with Gasteiger partial charge in [-0.2, -0.15) is 0 Å². The Hall–Kier alpha value is -1.88. The molecule has 1 aromatic heterocycles. The van der Waals surface area contributed by atoms with Crippen LogP contribution in [-0.4, -0.2) is 20.9 Å². The lowest BCUT2D eigenvalue weighted by molar-refractivity contribution is 0.101. The Kier molecular flexibility index (Phi) is 4.16. The van der Waals surface area contributed by atoms with Crippen LogP contribution in [0.3, 0.4) is 0 Å². The lowest BCUT2D eigenvalue weighted by atomic mass is 10.1. The molecule has 0 bridgehead atoms. The standard InChI is InChI=1S/C14H14N2O2S/c1-9-5-6-15-14(16-9)19-8-12-7-11(10(2)17)3-4-13(12)18/h3-7,18H,8H2,1-2H3. The number of ketones is 1. The van der Waals surface area contributed by atoms with Crippen LogP contribution in [0, 0.1) is 6.92 Å². The topological polar surface area (TPSA) is 63.1 Å². The van der Waals surface area contributed by atoms with Crippen molar-refractivity contribution in [2.75, 3.05) is 0 Å². The summed E-state index contributed by atoms with van der Waals surface area (Å²) < 4.78 is 0. The minimum atomic E-state index is -0.0157. The third kappa shape index (κ3) is 3.54. The van der Waals surface area contributed by atoms with E-state index in [4.69, 9.17) is 0 Å². The number of phenolic OH excluding ortho intramolecular Hbond substituents is 1. The van der Waals surface area contributed by atoms with E-state index < -0.39 is 0 Å². The Morgan fingerprint density at radius 1 is 1.37 bits per heavy atom. The van der Waals surface area contributed by atoms with E-state index in [1.165, 1.54) is 18.7 Å². The van der Waals surface area contributed by atoms with Crippen molar-refractivity contribution in [1.29, 1.82) is 0 Å². The van der Waals surface area contributed by atoms with E-state index in [0.29, 0.717) is 22.0 Å². The molecule has 0 amide bonds. The number of phenols is 1. The van der Waals surface area contributed by atoms with Gasteiger partial charge in [-0.05, 0) is 38.1 Å². The summed E-state index contributed by atoms with van der Waals surface area (Å²) in [5, 5.41) is 10.4. The van der Waals surface area contributed by atoms with Crippen molar-refractivity contribution in [2.24, 2.45) is 0 Å². The van der Waals surface area contributed by atoms with E-state index in [0.717, 1.165) is 5.69 Å². The highest BCUT2D eigenvalue weighted by Crippen LogP contribution is 2.26. The third-order valence-corrected chi connectivity index (χ3v) is 3.53. The monoisotopic (exact) mass is 274 g/mol. The Bertz CT molecular complexity index is 614. The van der Waals surface area contributed by atoms with E-state index in [1.807, 2.05) is 13.0 Å². The normalized spacial score (nSPS) is 10.4. The fraction of sp³-hybridized carbons (Fsp3) is 0.214. The molecule has 0 fully saturated rings. The first kappa shape index (κ1) is 13.5. The Morgan fingerprint density at radius 3 is 2.84 bits per heavy atom. The second-order valence-corrected chi connectivity index (χ2v) is 5.11. The summed E-state index contributed by atoms with van der Waals surface area (Å²) in [6.07, 6.45) is 1.70. The van der Waals surface area contributed by atoms with Gasteiger partial charge in [0, 0.05) is 28.8 Å². The maximum absolute atomic E-state index is 11.3. The van der Waals surface area contributed by atoms with Crippen LogP contribution in [0.5, 0.6) is 5.75 Å².